The first-order valence-corrected chi connectivity index (χ1v) is 12.2. The summed E-state index contributed by atoms with van der Waals surface area (Å²) in [5.74, 6) is 0.429. The Morgan fingerprint density at radius 2 is 1.81 bits per heavy atom. The minimum Gasteiger partial charge on any atom is -0.493 e. The van der Waals surface area contributed by atoms with Crippen molar-refractivity contribution in [1.82, 2.24) is 30.4 Å². The Morgan fingerprint density at radius 1 is 1.11 bits per heavy atom. The molecule has 0 bridgehead atoms. The van der Waals surface area contributed by atoms with Crippen molar-refractivity contribution < 1.29 is 23.5 Å². The van der Waals surface area contributed by atoms with Gasteiger partial charge in [-0.15, -0.1) is 10.2 Å². The van der Waals surface area contributed by atoms with Crippen molar-refractivity contribution in [1.29, 1.82) is 0 Å². The molecule has 0 spiro atoms. The zero-order chi connectivity index (χ0) is 26.4. The Labute approximate surface area is 214 Å². The molecule has 11 heteroatoms. The van der Waals surface area contributed by atoms with E-state index in [4.69, 9.17) is 9.47 Å². The van der Waals surface area contributed by atoms with E-state index in [1.165, 1.54) is 28.9 Å². The average molecular weight is 511 g/mol. The normalized spacial score (nSPS) is 14.3. The van der Waals surface area contributed by atoms with Gasteiger partial charge in [0.15, 0.2) is 11.5 Å². The van der Waals surface area contributed by atoms with Crippen LogP contribution in [0.15, 0.2) is 42.5 Å². The molecule has 1 aliphatic carbocycles. The lowest BCUT2D eigenvalue weighted by atomic mass is 10.1. The number of halogens is 1. The van der Waals surface area contributed by atoms with E-state index < -0.39 is 6.04 Å². The van der Waals surface area contributed by atoms with Gasteiger partial charge in [0.25, 0.3) is 0 Å². The summed E-state index contributed by atoms with van der Waals surface area (Å²) in [7, 11) is 3.08. The first-order valence-electron chi connectivity index (χ1n) is 12.2. The maximum Gasteiger partial charge on any atom is 0.247 e. The van der Waals surface area contributed by atoms with Crippen molar-refractivity contribution >= 4 is 11.8 Å². The number of amides is 2. The molecule has 1 aromatic heterocycles. The minimum absolute atomic E-state index is 0.124. The van der Waals surface area contributed by atoms with Crippen molar-refractivity contribution in [3.8, 4) is 22.9 Å². The number of methoxy groups -OCH3 is 2. The van der Waals surface area contributed by atoms with Gasteiger partial charge in [0.2, 0.25) is 17.6 Å². The second-order valence-electron chi connectivity index (χ2n) is 9.03. The number of hydrogen-bond acceptors (Lipinski definition) is 7. The van der Waals surface area contributed by atoms with Gasteiger partial charge in [-0.1, -0.05) is 25.0 Å². The third-order valence-electron chi connectivity index (χ3n) is 6.51. The van der Waals surface area contributed by atoms with Crippen LogP contribution in [0, 0.1) is 5.82 Å². The first-order chi connectivity index (χ1) is 17.9. The molecule has 1 aliphatic rings. The highest BCUT2D eigenvalue weighted by atomic mass is 19.1. The summed E-state index contributed by atoms with van der Waals surface area (Å²) in [6.45, 7) is 1.60. The van der Waals surface area contributed by atoms with Gasteiger partial charge >= 0.3 is 0 Å². The molecule has 0 aliphatic heterocycles. The molecular weight excluding hydrogens is 479 g/mol. The summed E-state index contributed by atoms with van der Waals surface area (Å²) in [5, 5.41) is 15.5. The molecule has 1 atom stereocenters. The standard InChI is InChI=1S/C26H31FN6O4/c1-17(26(35)28-21-6-4-5-7-21)32(15-18-8-11-20(27)12-9-18)24(34)16-33-30-25(29-31-33)19-10-13-22(36-2)23(14-19)37-3/h8-14,17,21H,4-7,15-16H2,1-3H3,(H,28,35). The van der Waals surface area contributed by atoms with Gasteiger partial charge in [-0.3, -0.25) is 9.59 Å². The lowest BCUT2D eigenvalue weighted by Gasteiger charge is -2.29. The van der Waals surface area contributed by atoms with Crippen LogP contribution in [0.1, 0.15) is 38.2 Å². The highest BCUT2D eigenvalue weighted by molar-refractivity contribution is 5.87. The van der Waals surface area contributed by atoms with Crippen LogP contribution in [0.2, 0.25) is 0 Å². The number of carbonyl (C=O) groups excluding carboxylic acids is 2. The van der Waals surface area contributed by atoms with E-state index in [0.29, 0.717) is 28.5 Å². The predicted octanol–water partition coefficient (Wildman–Crippen LogP) is 2.97. The van der Waals surface area contributed by atoms with Crippen LogP contribution in [0.5, 0.6) is 11.5 Å². The molecule has 1 N–H and O–H groups in total. The van der Waals surface area contributed by atoms with Gasteiger partial charge < -0.3 is 19.7 Å². The number of carbonyl (C=O) groups is 2. The van der Waals surface area contributed by atoms with Gasteiger partial charge in [0.1, 0.15) is 18.4 Å². The Hall–Kier alpha value is -4.02. The molecule has 1 unspecified atom stereocenters. The summed E-state index contributed by atoms with van der Waals surface area (Å²) in [6, 6.07) is 10.4. The fraction of sp³-hybridized carbons (Fsp3) is 0.423. The molecule has 3 aromatic rings. The molecule has 196 valence electrons. The predicted molar refractivity (Wildman–Crippen MR) is 133 cm³/mol. The number of ether oxygens (including phenoxy) is 2. The first kappa shape index (κ1) is 26.1. The fourth-order valence-electron chi connectivity index (χ4n) is 4.37. The second-order valence-corrected chi connectivity index (χ2v) is 9.03. The third-order valence-corrected chi connectivity index (χ3v) is 6.51. The maximum atomic E-state index is 13.4. The van der Waals surface area contributed by atoms with Crippen molar-refractivity contribution in [2.75, 3.05) is 14.2 Å². The summed E-state index contributed by atoms with van der Waals surface area (Å²) in [6.07, 6.45) is 4.04. The van der Waals surface area contributed by atoms with Crippen LogP contribution < -0.4 is 14.8 Å². The molecule has 2 aromatic carbocycles. The summed E-state index contributed by atoms with van der Waals surface area (Å²) < 4.78 is 24.0. The Bertz CT molecular complexity index is 1230. The number of rotatable bonds is 10. The zero-order valence-electron chi connectivity index (χ0n) is 21.2. The van der Waals surface area contributed by atoms with E-state index in [9.17, 15) is 14.0 Å². The number of nitrogens with one attached hydrogen (secondary N) is 1. The molecule has 1 fully saturated rings. The smallest absolute Gasteiger partial charge is 0.247 e. The van der Waals surface area contributed by atoms with Crippen molar-refractivity contribution in [3.63, 3.8) is 0 Å². The number of benzene rings is 2. The fourth-order valence-corrected chi connectivity index (χ4v) is 4.37. The zero-order valence-corrected chi connectivity index (χ0v) is 21.2. The van der Waals surface area contributed by atoms with Gasteiger partial charge in [-0.25, -0.2) is 4.39 Å². The molecular formula is C26H31FN6O4. The number of aromatic nitrogens is 4. The molecule has 1 heterocycles. The Kier molecular flexibility index (Phi) is 8.32. The molecule has 0 saturated heterocycles. The van der Waals surface area contributed by atoms with Gasteiger partial charge in [-0.2, -0.15) is 4.80 Å². The van der Waals surface area contributed by atoms with Crippen LogP contribution in [0.4, 0.5) is 4.39 Å². The van der Waals surface area contributed by atoms with Crippen molar-refractivity contribution in [2.45, 2.75) is 57.8 Å². The van der Waals surface area contributed by atoms with E-state index in [1.807, 2.05) is 0 Å². The van der Waals surface area contributed by atoms with Crippen LogP contribution in [0.3, 0.4) is 0 Å². The summed E-state index contributed by atoms with van der Waals surface area (Å²) in [5.41, 5.74) is 1.34. The van der Waals surface area contributed by atoms with Gasteiger partial charge in [0, 0.05) is 18.2 Å². The largest absolute Gasteiger partial charge is 0.493 e. The molecule has 37 heavy (non-hydrogen) atoms. The maximum absolute atomic E-state index is 13.4. The van der Waals surface area contributed by atoms with Crippen LogP contribution >= 0.6 is 0 Å². The molecule has 1 saturated carbocycles. The monoisotopic (exact) mass is 510 g/mol. The van der Waals surface area contributed by atoms with Gasteiger partial charge in [0.05, 0.1) is 14.2 Å². The lowest BCUT2D eigenvalue weighted by molar-refractivity contribution is -0.141. The average Bonchev–Trinajstić information content (AvgIpc) is 3.59. The molecule has 2 amide bonds. The summed E-state index contributed by atoms with van der Waals surface area (Å²) >= 11 is 0. The quantitative estimate of drug-likeness (QED) is 0.446. The van der Waals surface area contributed by atoms with E-state index >= 15 is 0 Å². The molecule has 0 radical (unpaired) electrons. The van der Waals surface area contributed by atoms with E-state index in [2.05, 4.69) is 20.7 Å². The second kappa shape index (κ2) is 11.8. The Morgan fingerprint density at radius 3 is 2.49 bits per heavy atom. The van der Waals surface area contributed by atoms with Crippen LogP contribution in [-0.4, -0.2) is 63.2 Å². The van der Waals surface area contributed by atoms with E-state index in [-0.39, 0.29) is 36.8 Å². The van der Waals surface area contributed by atoms with E-state index in [1.54, 1.807) is 44.4 Å². The van der Waals surface area contributed by atoms with Gasteiger partial charge in [-0.05, 0) is 60.9 Å². The lowest BCUT2D eigenvalue weighted by Crippen LogP contribution is -2.50. The highest BCUT2D eigenvalue weighted by Gasteiger charge is 2.29. The van der Waals surface area contributed by atoms with Crippen molar-refractivity contribution in [2.24, 2.45) is 0 Å². The van der Waals surface area contributed by atoms with Crippen molar-refractivity contribution in [3.05, 3.63) is 53.8 Å². The topological polar surface area (TPSA) is 111 Å². The van der Waals surface area contributed by atoms with Crippen LogP contribution in [0.25, 0.3) is 11.4 Å². The SMILES string of the molecule is COc1ccc(-c2nnn(CC(=O)N(Cc3ccc(F)cc3)C(C)C(=O)NC3CCCC3)n2)cc1OC. The third kappa shape index (κ3) is 6.41. The number of hydrogen-bond donors (Lipinski definition) is 1. The minimum atomic E-state index is -0.744. The van der Waals surface area contributed by atoms with Crippen LogP contribution in [-0.2, 0) is 22.7 Å². The van der Waals surface area contributed by atoms with E-state index in [0.717, 1.165) is 25.7 Å². The molecule has 10 nitrogen and oxygen atoms in total. The number of tetrazole rings is 1. The summed E-state index contributed by atoms with van der Waals surface area (Å²) in [4.78, 5) is 29.1. The molecule has 4 rings (SSSR count). The number of nitrogens with zero attached hydrogens (tertiary/aromatic N) is 5. The highest BCUT2D eigenvalue weighted by Crippen LogP contribution is 2.30. The Balaban J connectivity index is 1.51.